The number of esters is 1. The van der Waals surface area contributed by atoms with Gasteiger partial charge in [0.2, 0.25) is 11.8 Å². The highest BCUT2D eigenvalue weighted by molar-refractivity contribution is 6.22. The summed E-state index contributed by atoms with van der Waals surface area (Å²) in [5.74, 6) is -1.84. The summed E-state index contributed by atoms with van der Waals surface area (Å²) >= 11 is 0. The lowest BCUT2D eigenvalue weighted by atomic mass is 9.73. The molecule has 3 aromatic rings. The van der Waals surface area contributed by atoms with Crippen LogP contribution in [0.4, 0.5) is 11.4 Å². The van der Waals surface area contributed by atoms with Crippen molar-refractivity contribution in [3.8, 4) is 0 Å². The maximum atomic E-state index is 13.2. The molecule has 1 saturated carbocycles. The topological polar surface area (TPSA) is 92.8 Å². The lowest BCUT2D eigenvalue weighted by molar-refractivity contribution is -0.122. The van der Waals surface area contributed by atoms with Crippen LogP contribution in [0.5, 0.6) is 0 Å². The summed E-state index contributed by atoms with van der Waals surface area (Å²) in [6.07, 6.45) is 2.21. The molecule has 3 atom stereocenters. The summed E-state index contributed by atoms with van der Waals surface area (Å²) in [6.45, 7) is -0.426. The summed E-state index contributed by atoms with van der Waals surface area (Å²) in [5.41, 5.74) is 2.48. The molecule has 1 N–H and O–H groups in total. The number of rotatable bonds is 6. The molecule has 2 aliphatic rings. The fraction of sp³-hybridized carbons (Fsp3) is 0.241. The first-order chi connectivity index (χ1) is 17.5. The Hall–Kier alpha value is -4.26. The summed E-state index contributed by atoms with van der Waals surface area (Å²) in [6, 6.07) is 25.1. The highest BCUT2D eigenvalue weighted by Crippen LogP contribution is 2.45. The number of nitrogens with zero attached hydrogens (tertiary/aromatic N) is 1. The number of imide groups is 1. The number of hydrogen-bond acceptors (Lipinski definition) is 5. The summed E-state index contributed by atoms with van der Waals surface area (Å²) in [5, 5.41) is 2.64. The number of hydrogen-bond donors (Lipinski definition) is 1. The van der Waals surface area contributed by atoms with Crippen LogP contribution in [0, 0.1) is 11.8 Å². The molecule has 1 heterocycles. The van der Waals surface area contributed by atoms with Crippen molar-refractivity contribution >= 4 is 35.1 Å². The fourth-order valence-electron chi connectivity index (χ4n) is 5.14. The van der Waals surface area contributed by atoms with E-state index in [1.807, 2.05) is 24.3 Å². The molecular weight excluding hydrogens is 456 g/mol. The molecule has 2 fully saturated rings. The zero-order valence-electron chi connectivity index (χ0n) is 19.6. The van der Waals surface area contributed by atoms with Gasteiger partial charge in [-0.1, -0.05) is 48.5 Å². The smallest absolute Gasteiger partial charge is 0.338 e. The van der Waals surface area contributed by atoms with Gasteiger partial charge < -0.3 is 10.1 Å². The van der Waals surface area contributed by atoms with E-state index >= 15 is 0 Å². The number of amides is 3. The minimum Gasteiger partial charge on any atom is -0.452 e. The molecular formula is C29H26N2O5. The standard InChI is InChI=1S/C29H26N2O5/c32-26(30-22-9-5-2-6-10-22)18-36-29(35)20-11-14-23(15-12-20)31-27(33)24-16-13-21(17-25(24)28(31)34)19-7-3-1-4-8-19/h1-12,14-15,21,24-25H,13,16-18H2,(H,30,32)/t21-,24+,25-/m0/s1. The van der Waals surface area contributed by atoms with Crippen LogP contribution in [-0.2, 0) is 19.1 Å². The first-order valence-electron chi connectivity index (χ1n) is 12.1. The average molecular weight is 483 g/mol. The number of benzene rings is 3. The predicted molar refractivity (Wildman–Crippen MR) is 134 cm³/mol. The molecule has 182 valence electrons. The highest BCUT2D eigenvalue weighted by atomic mass is 16.5. The monoisotopic (exact) mass is 482 g/mol. The Morgan fingerprint density at radius 3 is 2.14 bits per heavy atom. The Balaban J connectivity index is 1.21. The molecule has 0 aromatic heterocycles. The number of carbonyl (C=O) groups is 4. The van der Waals surface area contributed by atoms with E-state index in [1.165, 1.54) is 22.6 Å². The molecule has 7 heteroatoms. The van der Waals surface area contributed by atoms with E-state index in [4.69, 9.17) is 4.74 Å². The first kappa shape index (κ1) is 23.5. The third-order valence-corrected chi connectivity index (χ3v) is 6.95. The Kier molecular flexibility index (Phi) is 6.62. The first-order valence-corrected chi connectivity index (χ1v) is 12.1. The van der Waals surface area contributed by atoms with E-state index in [9.17, 15) is 19.2 Å². The third kappa shape index (κ3) is 4.77. The van der Waals surface area contributed by atoms with Gasteiger partial charge in [0.25, 0.3) is 5.91 Å². The van der Waals surface area contributed by atoms with Gasteiger partial charge in [0.1, 0.15) is 0 Å². The Bertz CT molecular complexity index is 1270. The van der Waals surface area contributed by atoms with Gasteiger partial charge >= 0.3 is 5.97 Å². The molecule has 0 unspecified atom stereocenters. The zero-order valence-corrected chi connectivity index (χ0v) is 19.6. The number of carbonyl (C=O) groups excluding carboxylic acids is 4. The highest BCUT2D eigenvalue weighted by Gasteiger charge is 2.50. The van der Waals surface area contributed by atoms with E-state index < -0.39 is 18.5 Å². The third-order valence-electron chi connectivity index (χ3n) is 6.95. The van der Waals surface area contributed by atoms with E-state index in [0.29, 0.717) is 24.2 Å². The van der Waals surface area contributed by atoms with Crippen LogP contribution in [0.1, 0.15) is 41.1 Å². The second-order valence-electron chi connectivity index (χ2n) is 9.18. The second kappa shape index (κ2) is 10.2. The second-order valence-corrected chi connectivity index (χ2v) is 9.18. The SMILES string of the molecule is O=C(COC(=O)c1ccc(N2C(=O)[C@H]3C[C@@H](c4ccccc4)CC[C@H]3C2=O)cc1)Nc1ccccc1. The molecule has 3 amide bonds. The molecule has 1 aliphatic heterocycles. The van der Waals surface area contributed by atoms with Crippen molar-refractivity contribution in [2.75, 3.05) is 16.8 Å². The number of fused-ring (bicyclic) bond motifs is 1. The lowest BCUT2D eigenvalue weighted by Crippen LogP contribution is -2.30. The molecule has 0 spiro atoms. The van der Waals surface area contributed by atoms with Crippen LogP contribution >= 0.6 is 0 Å². The van der Waals surface area contributed by atoms with Gasteiger partial charge in [-0.2, -0.15) is 0 Å². The van der Waals surface area contributed by atoms with Gasteiger partial charge in [-0.15, -0.1) is 0 Å². The van der Waals surface area contributed by atoms with Crippen LogP contribution in [0.25, 0.3) is 0 Å². The van der Waals surface area contributed by atoms with Crippen LogP contribution in [-0.4, -0.2) is 30.3 Å². The van der Waals surface area contributed by atoms with Crippen LogP contribution in [0.15, 0.2) is 84.9 Å². The number of nitrogens with one attached hydrogen (secondary N) is 1. The van der Waals surface area contributed by atoms with Crippen molar-refractivity contribution in [3.63, 3.8) is 0 Å². The van der Waals surface area contributed by atoms with E-state index in [1.54, 1.807) is 36.4 Å². The van der Waals surface area contributed by atoms with E-state index in [0.717, 1.165) is 6.42 Å². The van der Waals surface area contributed by atoms with Gasteiger partial charge in [-0.05, 0) is 67.1 Å². The Morgan fingerprint density at radius 2 is 1.44 bits per heavy atom. The molecule has 3 aromatic carbocycles. The summed E-state index contributed by atoms with van der Waals surface area (Å²) in [4.78, 5) is 52.0. The van der Waals surface area contributed by atoms with Crippen molar-refractivity contribution in [1.29, 1.82) is 0 Å². The van der Waals surface area contributed by atoms with Crippen molar-refractivity contribution in [2.24, 2.45) is 11.8 Å². The lowest BCUT2D eigenvalue weighted by Gasteiger charge is -2.28. The minimum atomic E-state index is -0.664. The maximum Gasteiger partial charge on any atom is 0.338 e. The summed E-state index contributed by atoms with van der Waals surface area (Å²) in [7, 11) is 0. The van der Waals surface area contributed by atoms with Gasteiger partial charge in [0, 0.05) is 5.69 Å². The van der Waals surface area contributed by atoms with E-state index in [-0.39, 0.29) is 35.1 Å². The van der Waals surface area contributed by atoms with Gasteiger partial charge in [-0.25, -0.2) is 4.79 Å². The summed E-state index contributed by atoms with van der Waals surface area (Å²) < 4.78 is 5.10. The molecule has 0 radical (unpaired) electrons. The normalized spacial score (nSPS) is 21.1. The van der Waals surface area contributed by atoms with Crippen LogP contribution in [0.2, 0.25) is 0 Å². The van der Waals surface area contributed by atoms with Crippen molar-refractivity contribution in [3.05, 3.63) is 96.1 Å². The molecule has 5 rings (SSSR count). The van der Waals surface area contributed by atoms with Crippen molar-refractivity contribution < 1.29 is 23.9 Å². The largest absolute Gasteiger partial charge is 0.452 e. The van der Waals surface area contributed by atoms with Gasteiger partial charge in [0.15, 0.2) is 6.61 Å². The van der Waals surface area contributed by atoms with Crippen LogP contribution < -0.4 is 10.2 Å². The van der Waals surface area contributed by atoms with E-state index in [2.05, 4.69) is 17.4 Å². The quantitative estimate of drug-likeness (QED) is 0.411. The number of anilines is 2. The molecule has 1 saturated heterocycles. The minimum absolute atomic E-state index is 0.176. The van der Waals surface area contributed by atoms with Crippen molar-refractivity contribution in [2.45, 2.75) is 25.2 Å². The molecule has 1 aliphatic carbocycles. The predicted octanol–water partition coefficient (Wildman–Crippen LogP) is 4.56. The van der Waals surface area contributed by atoms with Crippen molar-refractivity contribution in [1.82, 2.24) is 0 Å². The average Bonchev–Trinajstić information content (AvgIpc) is 3.17. The maximum absolute atomic E-state index is 13.2. The number of para-hydroxylation sites is 1. The molecule has 36 heavy (non-hydrogen) atoms. The zero-order chi connectivity index (χ0) is 25.1. The fourth-order valence-corrected chi connectivity index (χ4v) is 5.14. The Labute approximate surface area is 209 Å². The van der Waals surface area contributed by atoms with Crippen LogP contribution in [0.3, 0.4) is 0 Å². The molecule has 7 nitrogen and oxygen atoms in total. The Morgan fingerprint density at radius 1 is 0.806 bits per heavy atom. The van der Waals surface area contributed by atoms with Gasteiger partial charge in [0.05, 0.1) is 23.1 Å². The molecule has 0 bridgehead atoms. The number of ether oxygens (including phenoxy) is 1. The van der Waals surface area contributed by atoms with Gasteiger partial charge in [-0.3, -0.25) is 19.3 Å².